The molecule has 0 radical (unpaired) electrons. The molecule has 4 rings (SSSR count). The Kier molecular flexibility index (Phi) is 6.84. The van der Waals surface area contributed by atoms with E-state index in [9.17, 15) is 14.9 Å². The summed E-state index contributed by atoms with van der Waals surface area (Å²) in [4.78, 5) is 26.3. The average Bonchev–Trinajstić information content (AvgIpc) is 3.16. The number of hydrogen-bond donors (Lipinski definition) is 1. The van der Waals surface area contributed by atoms with Gasteiger partial charge in [0.25, 0.3) is 11.5 Å². The Morgan fingerprint density at radius 3 is 2.30 bits per heavy atom. The second-order valence-corrected chi connectivity index (χ2v) is 8.51. The van der Waals surface area contributed by atoms with E-state index in [0.29, 0.717) is 20.8 Å². The van der Waals surface area contributed by atoms with Crippen LogP contribution in [0.5, 0.6) is 0 Å². The van der Waals surface area contributed by atoms with E-state index in [4.69, 9.17) is 11.6 Å². The second-order valence-electron chi connectivity index (χ2n) is 7.07. The highest BCUT2D eigenvalue weighted by Crippen LogP contribution is 2.15. The maximum atomic E-state index is 13.4. The minimum absolute atomic E-state index is 0.129. The zero-order valence-corrected chi connectivity index (χ0v) is 18.9. The molecule has 33 heavy (non-hydrogen) atoms. The van der Waals surface area contributed by atoms with Crippen molar-refractivity contribution in [3.05, 3.63) is 121 Å². The Labute approximate surface area is 199 Å². The zero-order valence-electron chi connectivity index (χ0n) is 17.4. The van der Waals surface area contributed by atoms with E-state index in [1.165, 1.54) is 4.57 Å². The first kappa shape index (κ1) is 22.3. The van der Waals surface area contributed by atoms with Crippen molar-refractivity contribution in [3.8, 4) is 11.8 Å². The number of nitrogens with one attached hydrogen (secondary N) is 1. The molecule has 3 aromatic carbocycles. The van der Waals surface area contributed by atoms with Crippen LogP contribution < -0.4 is 20.1 Å². The van der Waals surface area contributed by atoms with E-state index < -0.39 is 5.91 Å². The zero-order chi connectivity index (χ0) is 23.2. The highest BCUT2D eigenvalue weighted by molar-refractivity contribution is 7.07. The van der Waals surface area contributed by atoms with Gasteiger partial charge < -0.3 is 5.32 Å². The maximum absolute atomic E-state index is 13.4. The van der Waals surface area contributed by atoms with Gasteiger partial charge >= 0.3 is 0 Å². The van der Waals surface area contributed by atoms with Gasteiger partial charge in [0.1, 0.15) is 10.7 Å². The lowest BCUT2D eigenvalue weighted by molar-refractivity contribution is -0.115. The quantitative estimate of drug-likeness (QED) is 0.485. The third kappa shape index (κ3) is 4.96. The molecule has 0 unspecified atom stereocenters. The summed E-state index contributed by atoms with van der Waals surface area (Å²) in [6.07, 6.45) is 1.68. The lowest BCUT2D eigenvalue weighted by Gasteiger charge is -2.06. The Hall–Kier alpha value is -3.92. The van der Waals surface area contributed by atoms with Crippen molar-refractivity contribution in [1.29, 1.82) is 5.26 Å². The van der Waals surface area contributed by atoms with Crippen molar-refractivity contribution in [1.82, 2.24) is 9.88 Å². The Morgan fingerprint density at radius 1 is 1.00 bits per heavy atom. The molecule has 4 aromatic rings. The molecule has 0 aliphatic heterocycles. The van der Waals surface area contributed by atoms with Crippen LogP contribution in [0.15, 0.2) is 89.7 Å². The summed E-state index contributed by atoms with van der Waals surface area (Å²) >= 11 is 7.36. The number of amides is 1. The van der Waals surface area contributed by atoms with E-state index in [1.807, 2.05) is 48.5 Å². The first-order valence-corrected chi connectivity index (χ1v) is 11.3. The summed E-state index contributed by atoms with van der Waals surface area (Å²) in [5.74, 6) is -0.545. The van der Waals surface area contributed by atoms with Crippen molar-refractivity contribution >= 4 is 40.5 Å². The van der Waals surface area contributed by atoms with Gasteiger partial charge in [0.2, 0.25) is 0 Å². The molecule has 162 valence electrons. The number of nitriles is 1. The molecule has 0 saturated heterocycles. The molecule has 0 atom stereocenters. The topological polar surface area (TPSA) is 74.9 Å². The summed E-state index contributed by atoms with van der Waals surface area (Å²) in [5, 5.41) is 13.1. The van der Waals surface area contributed by atoms with Crippen LogP contribution in [0.4, 0.5) is 0 Å². The fourth-order valence-electron chi connectivity index (χ4n) is 3.26. The van der Waals surface area contributed by atoms with Gasteiger partial charge in [-0.3, -0.25) is 14.2 Å². The van der Waals surface area contributed by atoms with E-state index in [2.05, 4.69) is 5.32 Å². The highest BCUT2D eigenvalue weighted by atomic mass is 35.5. The number of para-hydroxylation sites is 1. The molecule has 5 nitrogen and oxygen atoms in total. The van der Waals surface area contributed by atoms with Crippen molar-refractivity contribution in [2.45, 2.75) is 6.54 Å². The summed E-state index contributed by atoms with van der Waals surface area (Å²) in [5.41, 5.74) is 1.69. The standard InChI is InChI=1S/C26H18ClN3O2S/c27-22-14-8-7-11-19(22)15-23-25(32)30(20-12-5-2-6-13-20)26(33-23)21(16-28)24(31)29-17-18-9-3-1-4-10-18/h1-15H,17H2,(H,29,31)/b23-15+,26-21-. The Bertz CT molecular complexity index is 1520. The molecule has 1 heterocycles. The number of halogens is 1. The molecule has 1 amide bonds. The number of thiazole rings is 1. The van der Waals surface area contributed by atoms with Crippen molar-refractivity contribution in [3.63, 3.8) is 0 Å². The van der Waals surface area contributed by atoms with E-state index in [-0.39, 0.29) is 22.3 Å². The smallest absolute Gasteiger partial charge is 0.273 e. The lowest BCUT2D eigenvalue weighted by Crippen LogP contribution is -2.33. The fourth-order valence-corrected chi connectivity index (χ4v) is 4.54. The molecule has 7 heteroatoms. The minimum Gasteiger partial charge on any atom is -0.347 e. The van der Waals surface area contributed by atoms with Gasteiger partial charge in [-0.15, -0.1) is 11.3 Å². The largest absolute Gasteiger partial charge is 0.347 e. The van der Waals surface area contributed by atoms with Crippen molar-refractivity contribution in [2.24, 2.45) is 0 Å². The molecule has 0 aliphatic rings. The van der Waals surface area contributed by atoms with Gasteiger partial charge in [-0.1, -0.05) is 78.3 Å². The number of aromatic nitrogens is 1. The summed E-state index contributed by atoms with van der Waals surface area (Å²) in [6, 6.07) is 27.5. The van der Waals surface area contributed by atoms with Crippen LogP contribution in [0, 0.1) is 11.3 Å². The van der Waals surface area contributed by atoms with Crippen LogP contribution in [0.3, 0.4) is 0 Å². The van der Waals surface area contributed by atoms with Crippen LogP contribution in [0.1, 0.15) is 11.1 Å². The van der Waals surface area contributed by atoms with Crippen molar-refractivity contribution in [2.75, 3.05) is 0 Å². The van der Waals surface area contributed by atoms with Gasteiger partial charge in [-0.05, 0) is 35.4 Å². The average molecular weight is 472 g/mol. The molecular weight excluding hydrogens is 454 g/mol. The van der Waals surface area contributed by atoms with Gasteiger partial charge in [-0.2, -0.15) is 5.26 Å². The van der Waals surface area contributed by atoms with Crippen LogP contribution >= 0.6 is 22.9 Å². The molecule has 1 N–H and O–H groups in total. The fraction of sp³-hybridized carbons (Fsp3) is 0.0385. The third-order valence-electron chi connectivity index (χ3n) is 4.88. The molecule has 1 aromatic heterocycles. The molecule has 0 saturated carbocycles. The van der Waals surface area contributed by atoms with Crippen LogP contribution in [0.2, 0.25) is 5.02 Å². The van der Waals surface area contributed by atoms with Gasteiger partial charge in [0.15, 0.2) is 5.57 Å². The third-order valence-corrected chi connectivity index (χ3v) is 6.32. The van der Waals surface area contributed by atoms with E-state index >= 15 is 0 Å². The predicted octanol–water partition coefficient (Wildman–Crippen LogP) is 3.37. The molecule has 0 spiro atoms. The molecular formula is C26H18ClN3O2S. The summed E-state index contributed by atoms with van der Waals surface area (Å²) < 4.78 is 2.02. The summed E-state index contributed by atoms with van der Waals surface area (Å²) in [7, 11) is 0. The first-order valence-electron chi connectivity index (χ1n) is 10.1. The van der Waals surface area contributed by atoms with Crippen LogP contribution in [-0.2, 0) is 11.3 Å². The molecule has 0 fully saturated rings. The van der Waals surface area contributed by atoms with Crippen LogP contribution in [-0.4, -0.2) is 10.5 Å². The number of carbonyl (C=O) groups excluding carboxylic acids is 1. The number of carbonyl (C=O) groups is 1. The molecule has 0 aliphatic carbocycles. The maximum Gasteiger partial charge on any atom is 0.273 e. The lowest BCUT2D eigenvalue weighted by atomic mass is 10.2. The number of rotatable bonds is 5. The number of benzene rings is 3. The minimum atomic E-state index is -0.545. The van der Waals surface area contributed by atoms with E-state index in [0.717, 1.165) is 16.9 Å². The van der Waals surface area contributed by atoms with Gasteiger partial charge in [0.05, 0.1) is 10.2 Å². The summed E-state index contributed by atoms with van der Waals surface area (Å²) in [6.45, 7) is 0.268. The monoisotopic (exact) mass is 471 g/mol. The highest BCUT2D eigenvalue weighted by Gasteiger charge is 2.17. The van der Waals surface area contributed by atoms with Gasteiger partial charge in [-0.25, -0.2) is 0 Å². The normalized spacial score (nSPS) is 12.2. The predicted molar refractivity (Wildman–Crippen MR) is 131 cm³/mol. The van der Waals surface area contributed by atoms with Crippen LogP contribution in [0.25, 0.3) is 17.3 Å². The first-order chi connectivity index (χ1) is 16.1. The second kappa shape index (κ2) is 10.1. The Balaban J connectivity index is 1.89. The van der Waals surface area contributed by atoms with Gasteiger partial charge in [0, 0.05) is 11.6 Å². The number of hydrogen-bond acceptors (Lipinski definition) is 4. The number of nitrogens with zero attached hydrogens (tertiary/aromatic N) is 2. The van der Waals surface area contributed by atoms with E-state index in [1.54, 1.807) is 48.5 Å². The Morgan fingerprint density at radius 2 is 1.64 bits per heavy atom. The SMILES string of the molecule is N#C/C(C(=O)NCc1ccccc1)=c1/s/c(=C/c2ccccc2Cl)c(=O)n1-c1ccccc1. The van der Waals surface area contributed by atoms with Crippen molar-refractivity contribution < 1.29 is 4.79 Å². The molecule has 0 bridgehead atoms.